The van der Waals surface area contributed by atoms with Gasteiger partial charge in [-0.2, -0.15) is 0 Å². The van der Waals surface area contributed by atoms with Crippen LogP contribution in [-0.4, -0.2) is 44.0 Å². The number of hydrogen-bond donors (Lipinski definition) is 2. The molecule has 1 rings (SSSR count). The van der Waals surface area contributed by atoms with Crippen LogP contribution in [-0.2, 0) is 15.8 Å². The molecule has 0 bridgehead atoms. The summed E-state index contributed by atoms with van der Waals surface area (Å²) in [7, 11) is -1.83. The van der Waals surface area contributed by atoms with Gasteiger partial charge in [0.15, 0.2) is 8.32 Å². The zero-order valence-corrected chi connectivity index (χ0v) is 23.8. The zero-order chi connectivity index (χ0) is 25.2. The van der Waals surface area contributed by atoms with Gasteiger partial charge in [-0.1, -0.05) is 78.8 Å². The molecule has 0 aliphatic heterocycles. The van der Waals surface area contributed by atoms with Crippen LogP contribution in [0.2, 0.25) is 18.1 Å². The minimum atomic E-state index is -1.83. The molecule has 0 saturated carbocycles. The third-order valence-corrected chi connectivity index (χ3v) is 12.0. The van der Waals surface area contributed by atoms with Gasteiger partial charge in [-0.25, -0.2) is 0 Å². The lowest BCUT2D eigenvalue weighted by Crippen LogP contribution is -2.43. The molecular formula is C28H52O4Si. The van der Waals surface area contributed by atoms with Crippen molar-refractivity contribution in [3.63, 3.8) is 0 Å². The van der Waals surface area contributed by atoms with Crippen LogP contribution in [0.15, 0.2) is 30.3 Å². The molecular weight excluding hydrogens is 428 g/mol. The Kier molecular flexibility index (Phi) is 12.8. The number of benzene rings is 1. The lowest BCUT2D eigenvalue weighted by Gasteiger charge is -2.37. The van der Waals surface area contributed by atoms with E-state index < -0.39 is 20.5 Å². The molecule has 0 spiro atoms. The second kappa shape index (κ2) is 14.0. The van der Waals surface area contributed by atoms with Crippen LogP contribution in [0.5, 0.6) is 0 Å². The maximum atomic E-state index is 10.7. The van der Waals surface area contributed by atoms with Gasteiger partial charge in [0.25, 0.3) is 0 Å². The molecule has 0 radical (unpaired) electrons. The highest BCUT2D eigenvalue weighted by Gasteiger charge is 2.37. The van der Waals surface area contributed by atoms with Crippen molar-refractivity contribution in [2.45, 2.75) is 105 Å². The highest BCUT2D eigenvalue weighted by atomic mass is 28.4. The summed E-state index contributed by atoms with van der Waals surface area (Å²) in [4.78, 5) is 0. The quantitative estimate of drug-likeness (QED) is 0.276. The average Bonchev–Trinajstić information content (AvgIpc) is 2.71. The summed E-state index contributed by atoms with van der Waals surface area (Å²) in [5.41, 5.74) is 1.13. The van der Waals surface area contributed by atoms with Crippen molar-refractivity contribution in [2.24, 2.45) is 23.7 Å². The summed E-state index contributed by atoms with van der Waals surface area (Å²) in [6, 6.07) is 10.1. The molecule has 0 fully saturated rings. The van der Waals surface area contributed by atoms with Crippen molar-refractivity contribution in [1.29, 1.82) is 0 Å². The Balaban J connectivity index is 2.33. The first-order chi connectivity index (χ1) is 15.2. The van der Waals surface area contributed by atoms with E-state index in [4.69, 9.17) is 9.16 Å². The van der Waals surface area contributed by atoms with Crippen molar-refractivity contribution in [3.8, 4) is 0 Å². The molecule has 2 N–H and O–H groups in total. The summed E-state index contributed by atoms with van der Waals surface area (Å²) in [6.45, 7) is 21.3. The van der Waals surface area contributed by atoms with Crippen LogP contribution in [0.4, 0.5) is 0 Å². The predicted octanol–water partition coefficient (Wildman–Crippen LogP) is 6.66. The van der Waals surface area contributed by atoms with Crippen LogP contribution < -0.4 is 0 Å². The molecule has 0 heterocycles. The fourth-order valence-corrected chi connectivity index (χ4v) is 5.19. The minimum absolute atomic E-state index is 0.159. The fourth-order valence-electron chi connectivity index (χ4n) is 4.17. The molecule has 0 amide bonds. The monoisotopic (exact) mass is 480 g/mol. The molecule has 5 heteroatoms. The summed E-state index contributed by atoms with van der Waals surface area (Å²) in [5.74, 6) is 1.46. The topological polar surface area (TPSA) is 58.9 Å². The third kappa shape index (κ3) is 11.5. The Hall–Kier alpha value is -0.723. The van der Waals surface area contributed by atoms with E-state index in [9.17, 15) is 10.2 Å². The number of aliphatic hydroxyl groups excluding tert-OH is 2. The van der Waals surface area contributed by atoms with Gasteiger partial charge in [0, 0.05) is 0 Å². The van der Waals surface area contributed by atoms with Gasteiger partial charge in [0.05, 0.1) is 32.0 Å². The van der Waals surface area contributed by atoms with Crippen molar-refractivity contribution in [3.05, 3.63) is 35.9 Å². The van der Waals surface area contributed by atoms with Gasteiger partial charge in [-0.3, -0.25) is 0 Å². The van der Waals surface area contributed by atoms with E-state index in [1.54, 1.807) is 0 Å². The number of rotatable bonds is 15. The summed E-state index contributed by atoms with van der Waals surface area (Å²) in [5, 5.41) is 21.3. The molecule has 4 nitrogen and oxygen atoms in total. The van der Waals surface area contributed by atoms with Crippen LogP contribution in [0.3, 0.4) is 0 Å². The van der Waals surface area contributed by atoms with Crippen molar-refractivity contribution in [1.82, 2.24) is 0 Å². The van der Waals surface area contributed by atoms with E-state index in [1.807, 2.05) is 30.3 Å². The molecule has 0 aliphatic rings. The van der Waals surface area contributed by atoms with Crippen LogP contribution in [0.1, 0.15) is 73.3 Å². The first-order valence-corrected chi connectivity index (χ1v) is 15.8. The summed E-state index contributed by atoms with van der Waals surface area (Å²) >= 11 is 0. The minimum Gasteiger partial charge on any atom is -0.414 e. The van der Waals surface area contributed by atoms with E-state index in [-0.39, 0.29) is 16.9 Å². The molecule has 0 unspecified atom stereocenters. The van der Waals surface area contributed by atoms with Crippen LogP contribution in [0, 0.1) is 23.7 Å². The largest absolute Gasteiger partial charge is 0.414 e. The lowest BCUT2D eigenvalue weighted by molar-refractivity contribution is -0.00369. The van der Waals surface area contributed by atoms with E-state index >= 15 is 0 Å². The van der Waals surface area contributed by atoms with Crippen LogP contribution >= 0.6 is 0 Å². The molecule has 0 aromatic heterocycles. The Bertz CT molecular complexity index is 643. The van der Waals surface area contributed by atoms with Gasteiger partial charge < -0.3 is 19.4 Å². The Morgan fingerprint density at radius 1 is 0.788 bits per heavy atom. The highest BCUT2D eigenvalue weighted by Crippen LogP contribution is 2.37. The zero-order valence-electron chi connectivity index (χ0n) is 22.8. The average molecular weight is 481 g/mol. The number of hydrogen-bond acceptors (Lipinski definition) is 4. The SMILES string of the molecule is C[C@H](C[C@H](C)C[C@H](C)[C@@H](O)CO[Si](C)(C)C(C)(C)C)C[C@H](C)[C@@H](O)COCc1ccccc1. The van der Waals surface area contributed by atoms with Gasteiger partial charge in [-0.15, -0.1) is 0 Å². The first kappa shape index (κ1) is 30.3. The normalized spacial score (nSPS) is 18.4. The van der Waals surface area contributed by atoms with Gasteiger partial charge in [0.2, 0.25) is 0 Å². The molecule has 33 heavy (non-hydrogen) atoms. The van der Waals surface area contributed by atoms with Gasteiger partial charge in [0.1, 0.15) is 0 Å². The second-order valence-corrected chi connectivity index (χ2v) is 16.9. The molecule has 1 aromatic carbocycles. The first-order valence-electron chi connectivity index (χ1n) is 12.8. The van der Waals surface area contributed by atoms with E-state index in [0.717, 1.165) is 24.8 Å². The Labute approximate surface area is 205 Å². The smallest absolute Gasteiger partial charge is 0.192 e. The van der Waals surface area contributed by atoms with Crippen molar-refractivity contribution in [2.75, 3.05) is 13.2 Å². The molecule has 0 aliphatic carbocycles. The maximum Gasteiger partial charge on any atom is 0.192 e. The van der Waals surface area contributed by atoms with Gasteiger partial charge in [-0.05, 0) is 66.6 Å². The lowest BCUT2D eigenvalue weighted by atomic mass is 9.83. The summed E-state index contributed by atoms with van der Waals surface area (Å²) in [6.07, 6.45) is 2.20. The van der Waals surface area contributed by atoms with E-state index in [0.29, 0.717) is 31.7 Å². The van der Waals surface area contributed by atoms with Crippen LogP contribution in [0.25, 0.3) is 0 Å². The molecule has 0 saturated heterocycles. The third-order valence-electron chi connectivity index (χ3n) is 7.49. The van der Waals surface area contributed by atoms with Crippen molar-refractivity contribution >= 4 is 8.32 Å². The Morgan fingerprint density at radius 3 is 1.76 bits per heavy atom. The molecule has 192 valence electrons. The maximum absolute atomic E-state index is 10.7. The fraction of sp³-hybridized carbons (Fsp3) is 0.786. The van der Waals surface area contributed by atoms with Crippen molar-refractivity contribution < 1.29 is 19.4 Å². The van der Waals surface area contributed by atoms with Gasteiger partial charge >= 0.3 is 0 Å². The molecule has 1 aromatic rings. The molecule has 6 atom stereocenters. The summed E-state index contributed by atoms with van der Waals surface area (Å²) < 4.78 is 12.0. The second-order valence-electron chi connectivity index (χ2n) is 12.1. The van der Waals surface area contributed by atoms with E-state index in [2.05, 4.69) is 61.6 Å². The standard InChI is InChI=1S/C28H52O4Si/c1-21(16-23(3)26(29)19-31-18-25-13-11-10-12-14-25)15-22(2)17-24(4)27(30)20-32-33(8,9)28(5,6)7/h10-14,21-24,26-27,29-30H,15-20H2,1-9H3/t21-,22+,23+,24+,26+,27+/m1/s1. The van der Waals surface area contributed by atoms with E-state index in [1.165, 1.54) is 0 Å². The Morgan fingerprint density at radius 2 is 1.27 bits per heavy atom. The number of ether oxygens (including phenoxy) is 1. The predicted molar refractivity (Wildman–Crippen MR) is 142 cm³/mol. The number of aliphatic hydroxyl groups is 2. The highest BCUT2D eigenvalue weighted by molar-refractivity contribution is 6.74.